The molecule has 1 amide bonds. The van der Waals surface area contributed by atoms with Crippen LogP contribution in [0.25, 0.3) is 0 Å². The molecule has 0 saturated heterocycles. The van der Waals surface area contributed by atoms with E-state index < -0.39 is 6.17 Å². The van der Waals surface area contributed by atoms with E-state index in [1.54, 1.807) is 4.90 Å². The van der Waals surface area contributed by atoms with Gasteiger partial charge >= 0.3 is 0 Å². The van der Waals surface area contributed by atoms with Gasteiger partial charge in [-0.25, -0.2) is 0 Å². The molecule has 0 radical (unpaired) electrons. The predicted octanol–water partition coefficient (Wildman–Crippen LogP) is 4.19. The van der Waals surface area contributed by atoms with Crippen LogP contribution >= 0.6 is 0 Å². The Kier molecular flexibility index (Phi) is 5.82. The molecule has 1 saturated carbocycles. The molecular weight excluding hydrogens is 374 g/mol. The highest BCUT2D eigenvalue weighted by Gasteiger charge is 2.34. The number of aliphatic imine (C=N–C) groups is 1. The number of fused-ring (bicyclic) bond motifs is 1. The molecule has 30 heavy (non-hydrogen) atoms. The van der Waals surface area contributed by atoms with E-state index in [0.717, 1.165) is 40.9 Å². The summed E-state index contributed by atoms with van der Waals surface area (Å²) in [6, 6.07) is 13.5. The Hall–Kier alpha value is -2.79. The summed E-state index contributed by atoms with van der Waals surface area (Å²) in [7, 11) is 0. The minimum absolute atomic E-state index is 0.0390. The monoisotopic (exact) mass is 403 g/mol. The maximum absolute atomic E-state index is 13.3. The van der Waals surface area contributed by atoms with E-state index in [0.29, 0.717) is 11.5 Å². The van der Waals surface area contributed by atoms with E-state index in [4.69, 9.17) is 10.7 Å². The second-order valence-electron chi connectivity index (χ2n) is 8.43. The van der Waals surface area contributed by atoms with Crippen LogP contribution in [0.3, 0.4) is 0 Å². The van der Waals surface area contributed by atoms with Crippen LogP contribution < -0.4 is 10.6 Å². The SMILES string of the molecule is Cc1ccccc1C(=O)CN1C(=O)C(N)N=C(C2CCCCC2)c2cccc(C)c21. The van der Waals surface area contributed by atoms with Crippen LogP contribution in [0.1, 0.15) is 59.2 Å². The lowest BCUT2D eigenvalue weighted by Crippen LogP contribution is -2.45. The van der Waals surface area contributed by atoms with Crippen LogP contribution in [0.15, 0.2) is 47.5 Å². The minimum atomic E-state index is -0.988. The molecule has 1 fully saturated rings. The first kappa shape index (κ1) is 20.5. The number of benzene rings is 2. The summed E-state index contributed by atoms with van der Waals surface area (Å²) in [5.74, 6) is -0.104. The Bertz CT molecular complexity index is 1010. The number of anilines is 1. The van der Waals surface area contributed by atoms with Crippen LogP contribution in [-0.2, 0) is 4.79 Å². The molecule has 1 atom stereocenters. The molecule has 5 nitrogen and oxygen atoms in total. The molecule has 156 valence electrons. The normalized spacial score (nSPS) is 19.8. The van der Waals surface area contributed by atoms with Crippen LogP contribution in [0.4, 0.5) is 5.69 Å². The fourth-order valence-electron chi connectivity index (χ4n) is 4.74. The molecule has 0 spiro atoms. The highest BCUT2D eigenvalue weighted by atomic mass is 16.2. The second kappa shape index (κ2) is 8.52. The Morgan fingerprint density at radius 3 is 2.47 bits per heavy atom. The van der Waals surface area contributed by atoms with Gasteiger partial charge in [0.2, 0.25) is 0 Å². The van der Waals surface area contributed by atoms with Crippen LogP contribution in [0, 0.1) is 19.8 Å². The van der Waals surface area contributed by atoms with Crippen LogP contribution in [0.2, 0.25) is 0 Å². The Morgan fingerprint density at radius 2 is 1.73 bits per heavy atom. The number of ketones is 1. The fraction of sp³-hybridized carbons (Fsp3) is 0.400. The number of Topliss-reactive ketones (excluding diaryl/α,β-unsaturated/α-hetero) is 1. The number of aryl methyl sites for hydroxylation is 2. The Labute approximate surface area is 178 Å². The number of nitrogens with zero attached hydrogens (tertiary/aromatic N) is 2. The summed E-state index contributed by atoms with van der Waals surface area (Å²) >= 11 is 0. The van der Waals surface area contributed by atoms with Crippen LogP contribution in [-0.4, -0.2) is 30.1 Å². The zero-order valence-electron chi connectivity index (χ0n) is 17.7. The van der Waals surface area contributed by atoms with Gasteiger partial charge in [0.15, 0.2) is 11.9 Å². The van der Waals surface area contributed by atoms with Gasteiger partial charge in [0, 0.05) is 22.8 Å². The molecule has 2 aromatic rings. The summed E-state index contributed by atoms with van der Waals surface area (Å²) in [5, 5.41) is 0. The molecule has 4 rings (SSSR count). The lowest BCUT2D eigenvalue weighted by molar-refractivity contribution is -0.119. The van der Waals surface area contributed by atoms with Gasteiger partial charge in [0.1, 0.15) is 0 Å². The number of hydrogen-bond acceptors (Lipinski definition) is 4. The maximum Gasteiger partial charge on any atom is 0.266 e. The molecule has 1 aliphatic carbocycles. The number of carbonyl (C=O) groups is 2. The van der Waals surface area contributed by atoms with Crippen molar-refractivity contribution in [3.05, 3.63) is 64.7 Å². The first-order chi connectivity index (χ1) is 14.5. The van der Waals surface area contributed by atoms with E-state index in [1.165, 1.54) is 19.3 Å². The standard InChI is InChI=1S/C25H29N3O2/c1-16-9-6-7-13-19(16)21(29)15-28-23-17(2)10-8-14-20(23)22(27-24(26)25(28)30)18-11-4-3-5-12-18/h6-10,13-14,18,24H,3-5,11-12,15,26H2,1-2H3. The fourth-order valence-corrected chi connectivity index (χ4v) is 4.74. The number of para-hydroxylation sites is 1. The van der Waals surface area contributed by atoms with Crippen molar-refractivity contribution in [3.8, 4) is 0 Å². The van der Waals surface area contributed by atoms with E-state index in [-0.39, 0.29) is 18.2 Å². The van der Waals surface area contributed by atoms with Gasteiger partial charge in [-0.2, -0.15) is 0 Å². The molecule has 0 bridgehead atoms. The van der Waals surface area contributed by atoms with Crippen molar-refractivity contribution in [2.45, 2.75) is 52.1 Å². The third-order valence-electron chi connectivity index (χ3n) is 6.32. The van der Waals surface area contributed by atoms with Gasteiger partial charge in [-0.3, -0.25) is 14.6 Å². The highest BCUT2D eigenvalue weighted by molar-refractivity contribution is 6.16. The van der Waals surface area contributed by atoms with Crippen molar-refractivity contribution >= 4 is 23.1 Å². The third-order valence-corrected chi connectivity index (χ3v) is 6.32. The summed E-state index contributed by atoms with van der Waals surface area (Å²) in [6.45, 7) is 3.85. The van der Waals surface area contributed by atoms with E-state index in [9.17, 15) is 9.59 Å². The van der Waals surface area contributed by atoms with Crippen molar-refractivity contribution in [2.75, 3.05) is 11.4 Å². The van der Waals surface area contributed by atoms with Gasteiger partial charge in [0.05, 0.1) is 12.2 Å². The quantitative estimate of drug-likeness (QED) is 0.778. The van der Waals surface area contributed by atoms with Gasteiger partial charge in [-0.1, -0.05) is 61.7 Å². The Morgan fingerprint density at radius 1 is 1.03 bits per heavy atom. The summed E-state index contributed by atoms with van der Waals surface area (Å²) in [6.07, 6.45) is 4.72. The number of nitrogens with two attached hydrogens (primary N) is 1. The zero-order chi connectivity index (χ0) is 21.3. The lowest BCUT2D eigenvalue weighted by atomic mass is 9.82. The molecule has 2 N–H and O–H groups in total. The van der Waals surface area contributed by atoms with Gasteiger partial charge in [-0.15, -0.1) is 0 Å². The largest absolute Gasteiger partial charge is 0.302 e. The van der Waals surface area contributed by atoms with Crippen molar-refractivity contribution in [3.63, 3.8) is 0 Å². The summed E-state index contributed by atoms with van der Waals surface area (Å²) < 4.78 is 0. The van der Waals surface area contributed by atoms with Crippen molar-refractivity contribution in [1.82, 2.24) is 0 Å². The minimum Gasteiger partial charge on any atom is -0.302 e. The molecule has 5 heteroatoms. The molecular formula is C25H29N3O2. The molecule has 1 aliphatic heterocycles. The maximum atomic E-state index is 13.3. The van der Waals surface area contributed by atoms with E-state index in [1.807, 2.05) is 56.3 Å². The predicted molar refractivity (Wildman–Crippen MR) is 120 cm³/mol. The number of carbonyl (C=O) groups excluding carboxylic acids is 2. The molecule has 1 heterocycles. The van der Waals surface area contributed by atoms with Gasteiger partial charge < -0.3 is 10.6 Å². The zero-order valence-corrected chi connectivity index (χ0v) is 17.7. The van der Waals surface area contributed by atoms with Crippen molar-refractivity contribution in [2.24, 2.45) is 16.6 Å². The van der Waals surface area contributed by atoms with Crippen LogP contribution in [0.5, 0.6) is 0 Å². The third kappa shape index (κ3) is 3.82. The average Bonchev–Trinajstić information content (AvgIpc) is 2.85. The van der Waals surface area contributed by atoms with Gasteiger partial charge in [0.25, 0.3) is 5.91 Å². The second-order valence-corrected chi connectivity index (χ2v) is 8.43. The van der Waals surface area contributed by atoms with E-state index in [2.05, 4.69) is 0 Å². The van der Waals surface area contributed by atoms with Gasteiger partial charge in [-0.05, 0) is 37.8 Å². The molecule has 2 aromatic carbocycles. The first-order valence-electron chi connectivity index (χ1n) is 10.8. The summed E-state index contributed by atoms with van der Waals surface area (Å²) in [4.78, 5) is 32.7. The average molecular weight is 404 g/mol. The lowest BCUT2D eigenvalue weighted by Gasteiger charge is -2.27. The Balaban J connectivity index is 1.77. The number of hydrogen-bond donors (Lipinski definition) is 1. The number of amides is 1. The molecule has 1 unspecified atom stereocenters. The van der Waals surface area contributed by atoms with Crippen molar-refractivity contribution < 1.29 is 9.59 Å². The topological polar surface area (TPSA) is 75.8 Å². The van der Waals surface area contributed by atoms with E-state index >= 15 is 0 Å². The molecule has 2 aliphatic rings. The van der Waals surface area contributed by atoms with Crippen molar-refractivity contribution in [1.29, 1.82) is 0 Å². The molecule has 0 aromatic heterocycles. The first-order valence-corrected chi connectivity index (χ1v) is 10.8. The number of rotatable bonds is 4. The summed E-state index contributed by atoms with van der Waals surface area (Å²) in [5.41, 5.74) is 11.4. The number of benzodiazepines with no additional fused rings is 1. The highest BCUT2D eigenvalue weighted by Crippen LogP contribution is 2.35. The smallest absolute Gasteiger partial charge is 0.266 e.